The van der Waals surface area contributed by atoms with Crippen molar-refractivity contribution in [3.05, 3.63) is 42.0 Å². The fourth-order valence-electron chi connectivity index (χ4n) is 4.87. The molecule has 1 heterocycles. The lowest BCUT2D eigenvalue weighted by molar-refractivity contribution is -0.147. The molecule has 6 nitrogen and oxygen atoms in total. The predicted molar refractivity (Wildman–Crippen MR) is 122 cm³/mol. The lowest BCUT2D eigenvalue weighted by atomic mass is 9.86. The zero-order valence-electron chi connectivity index (χ0n) is 19.9. The zero-order valence-corrected chi connectivity index (χ0v) is 19.9. The van der Waals surface area contributed by atoms with Gasteiger partial charge in [-0.2, -0.15) is 0 Å². The highest BCUT2D eigenvalue weighted by Crippen LogP contribution is 2.42. The topological polar surface area (TPSA) is 85.2 Å². The Bertz CT molecular complexity index is 830. The molecule has 1 aliphatic heterocycles. The standard InChI is InChI=1S/C26H36F2O6/c1-16(2)34-26(31)5-3-4-17-6-9-21-20(23(30)13-24(21)32-14-17)10-8-19(29)15-33-25-12-18(27)7-11-22(25)28/h7-8,10-12,16-17,19-21,23-24,29-30H,3-6,9,13-15H2,1-2H3/b10-8+/t17-,19?,20+,21+,23+,24-/m0/s1. The summed E-state index contributed by atoms with van der Waals surface area (Å²) in [4.78, 5) is 11.7. The molecule has 1 unspecified atom stereocenters. The van der Waals surface area contributed by atoms with Gasteiger partial charge < -0.3 is 24.4 Å². The second-order valence-corrected chi connectivity index (χ2v) is 9.63. The maximum absolute atomic E-state index is 13.7. The van der Waals surface area contributed by atoms with Crippen LogP contribution >= 0.6 is 0 Å². The number of ether oxygens (including phenoxy) is 3. The van der Waals surface area contributed by atoms with E-state index in [-0.39, 0.29) is 42.4 Å². The zero-order chi connectivity index (χ0) is 24.7. The number of carbonyl (C=O) groups is 1. The van der Waals surface area contributed by atoms with Crippen molar-refractivity contribution >= 4 is 5.97 Å². The summed E-state index contributed by atoms with van der Waals surface area (Å²) in [5.74, 6) is -1.41. The number of carbonyl (C=O) groups excluding carboxylic acids is 1. The number of aliphatic hydroxyl groups excluding tert-OH is 2. The molecular formula is C26H36F2O6. The van der Waals surface area contributed by atoms with Crippen LogP contribution in [0.3, 0.4) is 0 Å². The van der Waals surface area contributed by atoms with Crippen LogP contribution in [-0.4, -0.2) is 53.8 Å². The number of halogens is 2. The molecule has 1 saturated heterocycles. The Morgan fingerprint density at radius 2 is 2.09 bits per heavy atom. The summed E-state index contributed by atoms with van der Waals surface area (Å²) < 4.78 is 43.4. The molecule has 0 amide bonds. The summed E-state index contributed by atoms with van der Waals surface area (Å²) in [7, 11) is 0. The van der Waals surface area contributed by atoms with Gasteiger partial charge >= 0.3 is 5.97 Å². The monoisotopic (exact) mass is 482 g/mol. The van der Waals surface area contributed by atoms with Crippen molar-refractivity contribution < 1.29 is 38.0 Å². The second-order valence-electron chi connectivity index (χ2n) is 9.63. The fraction of sp³-hybridized carbons (Fsp3) is 0.654. The van der Waals surface area contributed by atoms with E-state index < -0.39 is 23.8 Å². The van der Waals surface area contributed by atoms with Gasteiger partial charge in [0.25, 0.3) is 0 Å². The molecule has 2 aliphatic rings. The van der Waals surface area contributed by atoms with Crippen LogP contribution in [-0.2, 0) is 14.3 Å². The quantitative estimate of drug-likeness (QED) is 0.385. The highest BCUT2D eigenvalue weighted by Gasteiger charge is 2.43. The number of benzene rings is 1. The molecule has 1 saturated carbocycles. The maximum atomic E-state index is 13.7. The average molecular weight is 483 g/mol. The van der Waals surface area contributed by atoms with E-state index in [0.717, 1.165) is 43.9 Å². The van der Waals surface area contributed by atoms with Gasteiger partial charge in [-0.15, -0.1) is 0 Å². The lowest BCUT2D eigenvalue weighted by Crippen LogP contribution is -2.22. The van der Waals surface area contributed by atoms with Crippen LogP contribution in [0.25, 0.3) is 0 Å². The molecule has 0 aromatic heterocycles. The predicted octanol–water partition coefficient (Wildman–Crippen LogP) is 4.17. The van der Waals surface area contributed by atoms with Gasteiger partial charge in [-0.25, -0.2) is 8.78 Å². The molecule has 1 aromatic carbocycles. The number of fused-ring (bicyclic) bond motifs is 1. The van der Waals surface area contributed by atoms with E-state index in [9.17, 15) is 23.8 Å². The van der Waals surface area contributed by atoms with Crippen LogP contribution in [0.15, 0.2) is 30.4 Å². The smallest absolute Gasteiger partial charge is 0.306 e. The summed E-state index contributed by atoms with van der Waals surface area (Å²) >= 11 is 0. The minimum Gasteiger partial charge on any atom is -0.487 e. The Kier molecular flexibility index (Phi) is 9.85. The molecule has 8 heteroatoms. The first kappa shape index (κ1) is 26.6. The van der Waals surface area contributed by atoms with Crippen LogP contribution in [0.1, 0.15) is 52.4 Å². The van der Waals surface area contributed by atoms with Crippen LogP contribution in [0.5, 0.6) is 5.75 Å². The maximum Gasteiger partial charge on any atom is 0.306 e. The molecule has 2 N–H and O–H groups in total. The van der Waals surface area contributed by atoms with Crippen LogP contribution in [0.4, 0.5) is 8.78 Å². The first-order chi connectivity index (χ1) is 16.2. The molecule has 190 valence electrons. The average Bonchev–Trinajstić information content (AvgIpc) is 2.94. The van der Waals surface area contributed by atoms with Gasteiger partial charge in [-0.05, 0) is 63.5 Å². The van der Waals surface area contributed by atoms with E-state index in [0.29, 0.717) is 25.4 Å². The molecule has 34 heavy (non-hydrogen) atoms. The van der Waals surface area contributed by atoms with Crippen LogP contribution < -0.4 is 4.74 Å². The van der Waals surface area contributed by atoms with Crippen molar-refractivity contribution in [3.8, 4) is 5.75 Å². The number of rotatable bonds is 10. The molecule has 3 rings (SSSR count). The first-order valence-corrected chi connectivity index (χ1v) is 12.2. The van der Waals surface area contributed by atoms with E-state index in [4.69, 9.17) is 14.2 Å². The van der Waals surface area contributed by atoms with E-state index in [1.165, 1.54) is 6.08 Å². The Morgan fingerprint density at radius 1 is 1.29 bits per heavy atom. The molecular weight excluding hydrogens is 446 g/mol. The summed E-state index contributed by atoms with van der Waals surface area (Å²) in [6.45, 7) is 4.06. The molecule has 0 radical (unpaired) electrons. The van der Waals surface area contributed by atoms with Gasteiger partial charge in [0.1, 0.15) is 18.5 Å². The summed E-state index contributed by atoms with van der Waals surface area (Å²) in [6.07, 6.45) is 6.02. The van der Waals surface area contributed by atoms with E-state index >= 15 is 0 Å². The summed E-state index contributed by atoms with van der Waals surface area (Å²) in [5.41, 5.74) is 0. The molecule has 2 fully saturated rings. The van der Waals surface area contributed by atoms with Crippen molar-refractivity contribution in [2.75, 3.05) is 13.2 Å². The van der Waals surface area contributed by atoms with Gasteiger partial charge in [0.15, 0.2) is 11.6 Å². The summed E-state index contributed by atoms with van der Waals surface area (Å²) in [5, 5.41) is 20.8. The number of hydrogen-bond donors (Lipinski definition) is 2. The Labute approximate surface area is 199 Å². The fourth-order valence-corrected chi connectivity index (χ4v) is 4.87. The van der Waals surface area contributed by atoms with Crippen molar-refractivity contribution in [2.24, 2.45) is 17.8 Å². The van der Waals surface area contributed by atoms with Gasteiger partial charge in [0.2, 0.25) is 0 Å². The van der Waals surface area contributed by atoms with E-state index in [1.54, 1.807) is 6.08 Å². The Morgan fingerprint density at radius 3 is 2.85 bits per heavy atom. The van der Waals surface area contributed by atoms with Crippen molar-refractivity contribution in [1.29, 1.82) is 0 Å². The number of esters is 1. The van der Waals surface area contributed by atoms with Crippen LogP contribution in [0.2, 0.25) is 0 Å². The third-order valence-corrected chi connectivity index (χ3v) is 6.56. The van der Waals surface area contributed by atoms with Crippen molar-refractivity contribution in [3.63, 3.8) is 0 Å². The highest BCUT2D eigenvalue weighted by molar-refractivity contribution is 5.69. The van der Waals surface area contributed by atoms with E-state index in [1.807, 2.05) is 13.8 Å². The van der Waals surface area contributed by atoms with Gasteiger partial charge in [-0.3, -0.25) is 4.79 Å². The third-order valence-electron chi connectivity index (χ3n) is 6.56. The minimum absolute atomic E-state index is 0.0460. The number of hydrogen-bond acceptors (Lipinski definition) is 6. The number of aliphatic hydroxyl groups is 2. The Balaban J connectivity index is 1.47. The summed E-state index contributed by atoms with van der Waals surface area (Å²) in [6, 6.07) is 2.90. The van der Waals surface area contributed by atoms with E-state index in [2.05, 4.69) is 0 Å². The van der Waals surface area contributed by atoms with Crippen molar-refractivity contribution in [2.45, 2.75) is 76.8 Å². The molecule has 1 aromatic rings. The Hall–Kier alpha value is -2.03. The molecule has 6 atom stereocenters. The third kappa shape index (κ3) is 7.75. The first-order valence-electron chi connectivity index (χ1n) is 12.2. The largest absolute Gasteiger partial charge is 0.487 e. The molecule has 0 spiro atoms. The van der Waals surface area contributed by atoms with Crippen molar-refractivity contribution in [1.82, 2.24) is 0 Å². The lowest BCUT2D eigenvalue weighted by Gasteiger charge is -2.21. The molecule has 1 aliphatic carbocycles. The van der Waals surface area contributed by atoms with Gasteiger partial charge in [-0.1, -0.05) is 12.2 Å². The molecule has 0 bridgehead atoms. The second kappa shape index (κ2) is 12.6. The van der Waals surface area contributed by atoms with Crippen LogP contribution in [0, 0.1) is 29.4 Å². The van der Waals surface area contributed by atoms with Gasteiger partial charge in [0.05, 0.1) is 18.3 Å². The highest BCUT2D eigenvalue weighted by atomic mass is 19.1. The normalized spacial score (nSPS) is 28.0. The van der Waals surface area contributed by atoms with Gasteiger partial charge in [0, 0.05) is 31.4 Å². The SMILES string of the molecule is CC(C)OC(=O)CCC[C@H]1CC[C@@H]2[C@@H](/C=C/C(O)COc3cc(F)ccc3F)[C@H](O)C[C@@H]2OC1. The minimum atomic E-state index is -1.03.